The first-order valence-corrected chi connectivity index (χ1v) is 5.75. The number of nitrogens with zero attached hydrogens (tertiary/aromatic N) is 1. The van der Waals surface area contributed by atoms with Crippen molar-refractivity contribution >= 4 is 0 Å². The molecule has 98 valence electrons. The van der Waals surface area contributed by atoms with E-state index < -0.39 is 17.2 Å². The number of nitrogens with one attached hydrogen (secondary N) is 1. The molecule has 0 aliphatic rings. The highest BCUT2D eigenvalue weighted by Crippen LogP contribution is 2.16. The zero-order chi connectivity index (χ0) is 13.6. The summed E-state index contributed by atoms with van der Waals surface area (Å²) in [5, 5.41) is 12.1. The maximum atomic E-state index is 12.9. The van der Waals surface area contributed by atoms with Crippen LogP contribution in [0.25, 0.3) is 0 Å². The van der Waals surface area contributed by atoms with Crippen LogP contribution in [0.1, 0.15) is 20.3 Å². The second-order valence-electron chi connectivity index (χ2n) is 4.15. The first-order valence-electron chi connectivity index (χ1n) is 5.75. The number of hydrogen-bond donors (Lipinski definition) is 1. The molecule has 0 bridgehead atoms. The van der Waals surface area contributed by atoms with Gasteiger partial charge in [-0.3, -0.25) is 5.32 Å². The molecular formula is C13H16F2N2O. The lowest BCUT2D eigenvalue weighted by Crippen LogP contribution is -2.42. The second kappa shape index (κ2) is 6.31. The summed E-state index contributed by atoms with van der Waals surface area (Å²) in [5.41, 5.74) is -0.673. The van der Waals surface area contributed by atoms with E-state index in [0.717, 1.165) is 12.1 Å². The fourth-order valence-electron chi connectivity index (χ4n) is 1.51. The minimum atomic E-state index is -0.942. The molecule has 0 fully saturated rings. The van der Waals surface area contributed by atoms with Crippen molar-refractivity contribution in [2.24, 2.45) is 0 Å². The first kappa shape index (κ1) is 14.4. The predicted octanol–water partition coefficient (Wildman–Crippen LogP) is 2.63. The molecule has 1 aromatic carbocycles. The number of rotatable bonds is 6. The van der Waals surface area contributed by atoms with Crippen LogP contribution in [0.4, 0.5) is 8.78 Å². The Morgan fingerprint density at radius 1 is 1.39 bits per heavy atom. The first-order chi connectivity index (χ1) is 8.50. The fourth-order valence-corrected chi connectivity index (χ4v) is 1.51. The molecule has 0 aromatic heterocycles. The van der Waals surface area contributed by atoms with Gasteiger partial charge in [0.05, 0.1) is 12.7 Å². The monoisotopic (exact) mass is 254 g/mol. The van der Waals surface area contributed by atoms with E-state index in [9.17, 15) is 8.78 Å². The molecule has 0 saturated heterocycles. The number of nitriles is 1. The van der Waals surface area contributed by atoms with Gasteiger partial charge in [0.1, 0.15) is 11.3 Å². The Bertz CT molecular complexity index is 445. The molecule has 1 aromatic rings. The van der Waals surface area contributed by atoms with Gasteiger partial charge in [-0.05, 0) is 25.6 Å². The van der Waals surface area contributed by atoms with Gasteiger partial charge in [0, 0.05) is 12.5 Å². The van der Waals surface area contributed by atoms with Crippen molar-refractivity contribution in [3.05, 3.63) is 29.8 Å². The lowest BCUT2D eigenvalue weighted by Gasteiger charge is -2.22. The van der Waals surface area contributed by atoms with Crippen molar-refractivity contribution < 1.29 is 13.5 Å². The van der Waals surface area contributed by atoms with Crippen molar-refractivity contribution in [2.75, 3.05) is 13.2 Å². The van der Waals surface area contributed by atoms with Crippen molar-refractivity contribution in [3.8, 4) is 11.8 Å². The summed E-state index contributed by atoms with van der Waals surface area (Å²) in [7, 11) is 0. The quantitative estimate of drug-likeness (QED) is 0.848. The molecule has 0 radical (unpaired) electrons. The Kier molecular flexibility index (Phi) is 5.05. The molecule has 18 heavy (non-hydrogen) atoms. The molecule has 1 N–H and O–H groups in total. The molecular weight excluding hydrogens is 238 g/mol. The van der Waals surface area contributed by atoms with Crippen LogP contribution in [0.5, 0.6) is 5.75 Å². The SMILES string of the molecule is CCNC(C)(C#N)CCOc1ccc(F)c(F)c1. The summed E-state index contributed by atoms with van der Waals surface area (Å²) in [5.74, 6) is -1.59. The van der Waals surface area contributed by atoms with Gasteiger partial charge in [-0.1, -0.05) is 6.92 Å². The van der Waals surface area contributed by atoms with Crippen LogP contribution in [0.3, 0.4) is 0 Å². The third-order valence-corrected chi connectivity index (χ3v) is 2.58. The summed E-state index contributed by atoms with van der Waals surface area (Å²) < 4.78 is 30.9. The van der Waals surface area contributed by atoms with Crippen molar-refractivity contribution in [1.82, 2.24) is 5.32 Å². The standard InChI is InChI=1S/C13H16F2N2O/c1-3-17-13(2,9-16)6-7-18-10-4-5-11(14)12(15)8-10/h4-5,8,17H,3,6-7H2,1-2H3. The normalized spacial score (nSPS) is 13.7. The van der Waals surface area contributed by atoms with Crippen LogP contribution < -0.4 is 10.1 Å². The molecule has 5 heteroatoms. The van der Waals surface area contributed by atoms with E-state index in [1.807, 2.05) is 6.92 Å². The van der Waals surface area contributed by atoms with Gasteiger partial charge in [-0.2, -0.15) is 5.26 Å². The van der Waals surface area contributed by atoms with Crippen molar-refractivity contribution in [2.45, 2.75) is 25.8 Å². The Labute approximate surface area is 105 Å². The van der Waals surface area contributed by atoms with E-state index in [4.69, 9.17) is 10.00 Å². The molecule has 0 spiro atoms. The Balaban J connectivity index is 2.51. The van der Waals surface area contributed by atoms with E-state index in [0.29, 0.717) is 13.0 Å². The van der Waals surface area contributed by atoms with Gasteiger partial charge >= 0.3 is 0 Å². The molecule has 0 heterocycles. The number of halogens is 2. The minimum absolute atomic E-state index is 0.252. The highest BCUT2D eigenvalue weighted by atomic mass is 19.2. The molecule has 0 aliphatic heterocycles. The largest absolute Gasteiger partial charge is 0.493 e. The van der Waals surface area contributed by atoms with Gasteiger partial charge in [0.25, 0.3) is 0 Å². The summed E-state index contributed by atoms with van der Waals surface area (Å²) in [6.45, 7) is 4.61. The lowest BCUT2D eigenvalue weighted by molar-refractivity contribution is 0.267. The Hall–Kier alpha value is -1.67. The van der Waals surface area contributed by atoms with Crippen molar-refractivity contribution in [3.63, 3.8) is 0 Å². The van der Waals surface area contributed by atoms with E-state index in [-0.39, 0.29) is 12.4 Å². The third-order valence-electron chi connectivity index (χ3n) is 2.58. The summed E-state index contributed by atoms with van der Waals surface area (Å²) in [4.78, 5) is 0. The average Bonchev–Trinajstić information content (AvgIpc) is 2.34. The predicted molar refractivity (Wildman–Crippen MR) is 64.2 cm³/mol. The molecule has 1 unspecified atom stereocenters. The van der Waals surface area contributed by atoms with Crippen LogP contribution in [-0.2, 0) is 0 Å². The van der Waals surface area contributed by atoms with Crippen LogP contribution in [0.15, 0.2) is 18.2 Å². The van der Waals surface area contributed by atoms with Crippen molar-refractivity contribution in [1.29, 1.82) is 5.26 Å². The summed E-state index contributed by atoms with van der Waals surface area (Å²) >= 11 is 0. The molecule has 3 nitrogen and oxygen atoms in total. The summed E-state index contributed by atoms with van der Waals surface area (Å²) in [6, 6.07) is 5.52. The highest BCUT2D eigenvalue weighted by molar-refractivity contribution is 5.23. The van der Waals surface area contributed by atoms with Gasteiger partial charge in [-0.15, -0.1) is 0 Å². The highest BCUT2D eigenvalue weighted by Gasteiger charge is 2.22. The molecule has 1 rings (SSSR count). The van der Waals surface area contributed by atoms with E-state index in [1.165, 1.54) is 6.07 Å². The Morgan fingerprint density at radius 3 is 2.67 bits per heavy atom. The average molecular weight is 254 g/mol. The number of ether oxygens (including phenoxy) is 1. The molecule has 0 saturated carbocycles. The van der Waals surface area contributed by atoms with Crippen LogP contribution in [0.2, 0.25) is 0 Å². The number of hydrogen-bond acceptors (Lipinski definition) is 3. The van der Waals surface area contributed by atoms with Gasteiger partial charge in [0.15, 0.2) is 11.6 Å². The zero-order valence-corrected chi connectivity index (χ0v) is 10.5. The smallest absolute Gasteiger partial charge is 0.162 e. The summed E-state index contributed by atoms with van der Waals surface area (Å²) in [6.07, 6.45) is 0.455. The maximum Gasteiger partial charge on any atom is 0.162 e. The van der Waals surface area contributed by atoms with E-state index >= 15 is 0 Å². The van der Waals surface area contributed by atoms with Gasteiger partial charge in [0.2, 0.25) is 0 Å². The van der Waals surface area contributed by atoms with Crippen LogP contribution in [0, 0.1) is 23.0 Å². The fraction of sp³-hybridized carbons (Fsp3) is 0.462. The van der Waals surface area contributed by atoms with E-state index in [1.54, 1.807) is 6.92 Å². The van der Waals surface area contributed by atoms with Crippen LogP contribution in [-0.4, -0.2) is 18.7 Å². The van der Waals surface area contributed by atoms with Crippen LogP contribution >= 0.6 is 0 Å². The third kappa shape index (κ3) is 3.97. The molecule has 0 aliphatic carbocycles. The van der Waals surface area contributed by atoms with Gasteiger partial charge < -0.3 is 4.74 Å². The zero-order valence-electron chi connectivity index (χ0n) is 10.5. The lowest BCUT2D eigenvalue weighted by atomic mass is 10.0. The molecule has 0 amide bonds. The van der Waals surface area contributed by atoms with E-state index in [2.05, 4.69) is 11.4 Å². The second-order valence-corrected chi connectivity index (χ2v) is 4.15. The Morgan fingerprint density at radius 2 is 2.11 bits per heavy atom. The number of benzene rings is 1. The molecule has 1 atom stereocenters. The van der Waals surface area contributed by atoms with Gasteiger partial charge in [-0.25, -0.2) is 8.78 Å². The topological polar surface area (TPSA) is 45.0 Å². The minimum Gasteiger partial charge on any atom is -0.493 e. The maximum absolute atomic E-state index is 12.9.